The molecule has 0 N–H and O–H groups in total. The molecule has 2 aliphatic heterocycles. The lowest BCUT2D eigenvalue weighted by Crippen LogP contribution is -2.45. The van der Waals surface area contributed by atoms with Gasteiger partial charge in [-0.2, -0.15) is 0 Å². The molecule has 0 amide bonds. The SMILES string of the molecule is Cc1cccnc1CN1CCN(Cc2ccc(C3CCCCO3)o2)CC1. The van der Waals surface area contributed by atoms with E-state index in [2.05, 4.69) is 39.9 Å². The normalized spacial score (nSPS) is 22.6. The molecule has 0 bridgehead atoms. The van der Waals surface area contributed by atoms with Gasteiger partial charge in [0.15, 0.2) is 0 Å². The topological polar surface area (TPSA) is 41.7 Å². The van der Waals surface area contributed by atoms with Gasteiger partial charge in [-0.3, -0.25) is 14.8 Å². The van der Waals surface area contributed by atoms with Gasteiger partial charge in [-0.1, -0.05) is 6.07 Å². The van der Waals surface area contributed by atoms with E-state index in [0.29, 0.717) is 0 Å². The van der Waals surface area contributed by atoms with Crippen molar-refractivity contribution in [3.63, 3.8) is 0 Å². The predicted molar refractivity (Wildman–Crippen MR) is 101 cm³/mol. The van der Waals surface area contributed by atoms with E-state index >= 15 is 0 Å². The Labute approximate surface area is 156 Å². The Morgan fingerprint density at radius 2 is 1.85 bits per heavy atom. The van der Waals surface area contributed by atoms with E-state index in [1.165, 1.54) is 24.1 Å². The molecule has 0 aliphatic carbocycles. The predicted octanol–water partition coefficient (Wildman–Crippen LogP) is 3.54. The fourth-order valence-corrected chi connectivity index (χ4v) is 3.84. The lowest BCUT2D eigenvalue weighted by molar-refractivity contribution is 0.000628. The second-order valence-corrected chi connectivity index (χ2v) is 7.48. The molecule has 5 heteroatoms. The fourth-order valence-electron chi connectivity index (χ4n) is 3.84. The minimum atomic E-state index is 0.163. The molecule has 0 radical (unpaired) electrons. The van der Waals surface area contributed by atoms with Crippen molar-refractivity contribution in [3.8, 4) is 0 Å². The third-order valence-corrected chi connectivity index (χ3v) is 5.52. The average molecular weight is 355 g/mol. The van der Waals surface area contributed by atoms with Crippen LogP contribution >= 0.6 is 0 Å². The van der Waals surface area contributed by atoms with E-state index in [-0.39, 0.29) is 6.10 Å². The number of hydrogen-bond donors (Lipinski definition) is 0. The largest absolute Gasteiger partial charge is 0.462 e. The summed E-state index contributed by atoms with van der Waals surface area (Å²) in [7, 11) is 0. The maximum absolute atomic E-state index is 6.07. The molecule has 2 fully saturated rings. The maximum Gasteiger partial charge on any atom is 0.133 e. The van der Waals surface area contributed by atoms with Crippen LogP contribution in [-0.4, -0.2) is 47.6 Å². The summed E-state index contributed by atoms with van der Waals surface area (Å²) in [5.41, 5.74) is 2.48. The highest BCUT2D eigenvalue weighted by Gasteiger charge is 2.22. The maximum atomic E-state index is 6.07. The van der Waals surface area contributed by atoms with Crippen molar-refractivity contribution in [2.24, 2.45) is 0 Å². The molecule has 5 nitrogen and oxygen atoms in total. The van der Waals surface area contributed by atoms with E-state index in [0.717, 1.165) is 63.8 Å². The van der Waals surface area contributed by atoms with Crippen molar-refractivity contribution in [1.29, 1.82) is 0 Å². The number of aryl methyl sites for hydroxylation is 1. The zero-order valence-electron chi connectivity index (χ0n) is 15.7. The first-order valence-corrected chi connectivity index (χ1v) is 9.83. The van der Waals surface area contributed by atoms with Crippen LogP contribution in [0.3, 0.4) is 0 Å². The van der Waals surface area contributed by atoms with Crippen LogP contribution in [0.15, 0.2) is 34.9 Å². The summed E-state index contributed by atoms with van der Waals surface area (Å²) in [6, 6.07) is 8.37. The highest BCUT2D eigenvalue weighted by molar-refractivity contribution is 5.17. The quantitative estimate of drug-likeness (QED) is 0.820. The van der Waals surface area contributed by atoms with E-state index in [1.54, 1.807) is 0 Å². The highest BCUT2D eigenvalue weighted by Crippen LogP contribution is 2.29. The molecule has 2 saturated heterocycles. The summed E-state index contributed by atoms with van der Waals surface area (Å²) < 4.78 is 11.9. The summed E-state index contributed by atoms with van der Waals surface area (Å²) in [6.07, 6.45) is 5.54. The number of pyridine rings is 1. The molecule has 1 unspecified atom stereocenters. The van der Waals surface area contributed by atoms with Gasteiger partial charge in [-0.25, -0.2) is 0 Å². The van der Waals surface area contributed by atoms with Gasteiger partial charge in [0.25, 0.3) is 0 Å². The summed E-state index contributed by atoms with van der Waals surface area (Å²) >= 11 is 0. The molecule has 2 aromatic heterocycles. The smallest absolute Gasteiger partial charge is 0.133 e. The van der Waals surface area contributed by atoms with E-state index in [1.807, 2.05) is 12.3 Å². The number of furan rings is 1. The first kappa shape index (κ1) is 17.7. The third kappa shape index (κ3) is 4.34. The average Bonchev–Trinajstić information content (AvgIpc) is 3.14. The summed E-state index contributed by atoms with van der Waals surface area (Å²) in [4.78, 5) is 9.50. The number of ether oxygens (including phenoxy) is 1. The van der Waals surface area contributed by atoms with Gasteiger partial charge in [0.05, 0.1) is 12.2 Å². The number of rotatable bonds is 5. The zero-order chi connectivity index (χ0) is 17.8. The summed E-state index contributed by atoms with van der Waals surface area (Å²) in [5, 5.41) is 0. The van der Waals surface area contributed by atoms with Crippen LogP contribution in [0.5, 0.6) is 0 Å². The van der Waals surface area contributed by atoms with Crippen molar-refractivity contribution in [2.75, 3.05) is 32.8 Å². The lowest BCUT2D eigenvalue weighted by Gasteiger charge is -2.34. The summed E-state index contributed by atoms with van der Waals surface area (Å²) in [5.74, 6) is 2.06. The van der Waals surface area contributed by atoms with Crippen molar-refractivity contribution in [3.05, 3.63) is 53.2 Å². The second kappa shape index (κ2) is 8.33. The van der Waals surface area contributed by atoms with Crippen LogP contribution in [0, 0.1) is 6.92 Å². The third-order valence-electron chi connectivity index (χ3n) is 5.52. The molecule has 4 heterocycles. The molecule has 140 valence electrons. The van der Waals surface area contributed by atoms with E-state index in [9.17, 15) is 0 Å². The molecule has 4 rings (SSSR count). The van der Waals surface area contributed by atoms with Crippen LogP contribution in [0.4, 0.5) is 0 Å². The second-order valence-electron chi connectivity index (χ2n) is 7.48. The Balaban J connectivity index is 1.26. The molecular formula is C21H29N3O2. The Morgan fingerprint density at radius 1 is 1.04 bits per heavy atom. The van der Waals surface area contributed by atoms with Gasteiger partial charge in [0, 0.05) is 45.5 Å². The highest BCUT2D eigenvalue weighted by atomic mass is 16.5. The van der Waals surface area contributed by atoms with Crippen LogP contribution in [-0.2, 0) is 17.8 Å². The van der Waals surface area contributed by atoms with Gasteiger partial charge < -0.3 is 9.15 Å². The first-order chi connectivity index (χ1) is 12.8. The van der Waals surface area contributed by atoms with Crippen molar-refractivity contribution >= 4 is 0 Å². The molecule has 26 heavy (non-hydrogen) atoms. The molecular weight excluding hydrogens is 326 g/mol. The van der Waals surface area contributed by atoms with Gasteiger partial charge in [0.1, 0.15) is 17.6 Å². The number of piperazine rings is 1. The standard InChI is InChI=1S/C21H29N3O2/c1-17-5-4-9-22-19(17)16-24-12-10-23(11-13-24)15-18-7-8-21(26-18)20-6-2-3-14-25-20/h4-5,7-9,20H,2-3,6,10-16H2,1H3. The minimum Gasteiger partial charge on any atom is -0.462 e. The number of hydrogen-bond acceptors (Lipinski definition) is 5. The van der Waals surface area contributed by atoms with Crippen molar-refractivity contribution in [1.82, 2.24) is 14.8 Å². The van der Waals surface area contributed by atoms with Crippen LogP contribution < -0.4 is 0 Å². The molecule has 0 spiro atoms. The van der Waals surface area contributed by atoms with Crippen molar-refractivity contribution in [2.45, 2.75) is 45.4 Å². The minimum absolute atomic E-state index is 0.163. The van der Waals surface area contributed by atoms with Gasteiger partial charge in [0.2, 0.25) is 0 Å². The monoisotopic (exact) mass is 355 g/mol. The van der Waals surface area contributed by atoms with Crippen LogP contribution in [0.1, 0.15) is 48.1 Å². The van der Waals surface area contributed by atoms with Crippen LogP contribution in [0.25, 0.3) is 0 Å². The number of nitrogens with zero attached hydrogens (tertiary/aromatic N) is 3. The molecule has 0 saturated carbocycles. The van der Waals surface area contributed by atoms with Crippen molar-refractivity contribution < 1.29 is 9.15 Å². The zero-order valence-corrected chi connectivity index (χ0v) is 15.7. The fraction of sp³-hybridized carbons (Fsp3) is 0.571. The van der Waals surface area contributed by atoms with Gasteiger partial charge in [-0.15, -0.1) is 0 Å². The molecule has 1 atom stereocenters. The van der Waals surface area contributed by atoms with E-state index < -0.39 is 0 Å². The Kier molecular flexibility index (Phi) is 5.68. The Bertz CT molecular complexity index is 701. The van der Waals surface area contributed by atoms with Crippen LogP contribution in [0.2, 0.25) is 0 Å². The Hall–Kier alpha value is -1.69. The first-order valence-electron chi connectivity index (χ1n) is 9.83. The number of aromatic nitrogens is 1. The van der Waals surface area contributed by atoms with Gasteiger partial charge in [-0.05, 0) is 49.9 Å². The summed E-state index contributed by atoms with van der Waals surface area (Å²) in [6.45, 7) is 9.14. The molecule has 0 aromatic carbocycles. The van der Waals surface area contributed by atoms with Gasteiger partial charge >= 0.3 is 0 Å². The molecule has 2 aliphatic rings. The molecule has 2 aromatic rings. The lowest BCUT2D eigenvalue weighted by atomic mass is 10.1. The Morgan fingerprint density at radius 3 is 2.58 bits per heavy atom. The van der Waals surface area contributed by atoms with E-state index in [4.69, 9.17) is 9.15 Å².